The van der Waals surface area contributed by atoms with Crippen molar-refractivity contribution in [3.63, 3.8) is 0 Å². The van der Waals surface area contributed by atoms with E-state index in [0.717, 1.165) is 11.3 Å². The average Bonchev–Trinajstić information content (AvgIpc) is 2.48. The van der Waals surface area contributed by atoms with Gasteiger partial charge in [0.2, 0.25) is 5.91 Å². The molecule has 3 nitrogen and oxygen atoms in total. The number of carbonyl (C=O) groups is 2. The predicted octanol–water partition coefficient (Wildman–Crippen LogP) is 3.46. The topological polar surface area (TPSA) is 46.2 Å². The molecule has 2 rings (SSSR count). The van der Waals surface area contributed by atoms with Crippen LogP contribution in [0.4, 0.5) is 5.69 Å². The summed E-state index contributed by atoms with van der Waals surface area (Å²) in [5.41, 5.74) is 2.38. The molecule has 0 aromatic heterocycles. The van der Waals surface area contributed by atoms with Crippen LogP contribution < -0.4 is 5.32 Å². The molecule has 3 heteroatoms. The fourth-order valence-electron chi connectivity index (χ4n) is 1.92. The maximum Gasteiger partial charge on any atom is 0.228 e. The number of ketones is 1. The standard InChI is InChI=1S/C17H17NO2/c1-2-16(19)14-10-8-13(9-11-14)12-17(20)18-15-6-4-3-5-7-15/h3-11H,2,12H2,1H3,(H,18,20). The fourth-order valence-corrected chi connectivity index (χ4v) is 1.92. The molecule has 1 N–H and O–H groups in total. The Morgan fingerprint density at radius 3 is 2.20 bits per heavy atom. The van der Waals surface area contributed by atoms with Gasteiger partial charge in [0, 0.05) is 17.7 Å². The van der Waals surface area contributed by atoms with Crippen LogP contribution in [0.5, 0.6) is 0 Å². The number of amides is 1. The minimum Gasteiger partial charge on any atom is -0.326 e. The van der Waals surface area contributed by atoms with Crippen LogP contribution in [0.3, 0.4) is 0 Å². The van der Waals surface area contributed by atoms with E-state index in [2.05, 4.69) is 5.32 Å². The summed E-state index contributed by atoms with van der Waals surface area (Å²) in [7, 11) is 0. The Labute approximate surface area is 118 Å². The molecule has 0 aliphatic rings. The maximum absolute atomic E-state index is 11.9. The summed E-state index contributed by atoms with van der Waals surface area (Å²) in [6, 6.07) is 16.6. The normalized spacial score (nSPS) is 10.1. The first kappa shape index (κ1) is 14.0. The molecule has 0 fully saturated rings. The summed E-state index contributed by atoms with van der Waals surface area (Å²) in [4.78, 5) is 23.4. The van der Waals surface area contributed by atoms with Crippen LogP contribution in [0.25, 0.3) is 0 Å². The smallest absolute Gasteiger partial charge is 0.228 e. The number of para-hydroxylation sites is 1. The lowest BCUT2D eigenvalue weighted by molar-refractivity contribution is -0.115. The third-order valence-corrected chi connectivity index (χ3v) is 3.02. The Balaban J connectivity index is 1.96. The largest absolute Gasteiger partial charge is 0.326 e. The van der Waals surface area contributed by atoms with E-state index >= 15 is 0 Å². The maximum atomic E-state index is 11.9. The highest BCUT2D eigenvalue weighted by molar-refractivity contribution is 5.96. The van der Waals surface area contributed by atoms with Crippen molar-refractivity contribution in [1.29, 1.82) is 0 Å². The molecule has 2 aromatic carbocycles. The second-order valence-corrected chi connectivity index (χ2v) is 4.56. The van der Waals surface area contributed by atoms with Crippen LogP contribution in [0, 0.1) is 0 Å². The Bertz CT molecular complexity index is 588. The van der Waals surface area contributed by atoms with Gasteiger partial charge in [-0.15, -0.1) is 0 Å². The molecule has 0 radical (unpaired) electrons. The first-order valence-corrected chi connectivity index (χ1v) is 6.66. The van der Waals surface area contributed by atoms with E-state index in [-0.39, 0.29) is 11.7 Å². The van der Waals surface area contributed by atoms with Crippen molar-refractivity contribution in [3.8, 4) is 0 Å². The van der Waals surface area contributed by atoms with Gasteiger partial charge in [0.05, 0.1) is 6.42 Å². The van der Waals surface area contributed by atoms with Gasteiger partial charge >= 0.3 is 0 Å². The minimum atomic E-state index is -0.0641. The van der Waals surface area contributed by atoms with Crippen molar-refractivity contribution in [1.82, 2.24) is 0 Å². The molecular formula is C17H17NO2. The van der Waals surface area contributed by atoms with Crippen molar-refractivity contribution >= 4 is 17.4 Å². The number of Topliss-reactive ketones (excluding diaryl/α,β-unsaturated/α-hetero) is 1. The molecule has 102 valence electrons. The SMILES string of the molecule is CCC(=O)c1ccc(CC(=O)Nc2ccccc2)cc1. The van der Waals surface area contributed by atoms with Gasteiger partial charge in [0.1, 0.15) is 0 Å². The van der Waals surface area contributed by atoms with E-state index in [4.69, 9.17) is 0 Å². The molecule has 0 saturated carbocycles. The summed E-state index contributed by atoms with van der Waals surface area (Å²) in [5.74, 6) is 0.0519. The Morgan fingerprint density at radius 2 is 1.60 bits per heavy atom. The predicted molar refractivity (Wildman–Crippen MR) is 79.8 cm³/mol. The van der Waals surface area contributed by atoms with Crippen molar-refractivity contribution in [2.45, 2.75) is 19.8 Å². The Hall–Kier alpha value is -2.42. The van der Waals surface area contributed by atoms with Crippen LogP contribution in [-0.2, 0) is 11.2 Å². The molecule has 0 spiro atoms. The zero-order valence-corrected chi connectivity index (χ0v) is 11.4. The molecule has 0 atom stereocenters. The van der Waals surface area contributed by atoms with E-state index in [1.54, 1.807) is 12.1 Å². The summed E-state index contributed by atoms with van der Waals surface area (Å²) in [6.07, 6.45) is 0.795. The average molecular weight is 267 g/mol. The lowest BCUT2D eigenvalue weighted by atomic mass is 10.0. The number of benzene rings is 2. The van der Waals surface area contributed by atoms with Gasteiger partial charge in [-0.1, -0.05) is 49.4 Å². The van der Waals surface area contributed by atoms with Crippen LogP contribution in [0.15, 0.2) is 54.6 Å². The molecule has 0 saturated heterocycles. The number of carbonyl (C=O) groups excluding carboxylic acids is 2. The molecule has 0 heterocycles. The number of rotatable bonds is 5. The van der Waals surface area contributed by atoms with E-state index in [1.807, 2.05) is 49.4 Å². The fraction of sp³-hybridized carbons (Fsp3) is 0.176. The van der Waals surface area contributed by atoms with E-state index in [9.17, 15) is 9.59 Å². The molecule has 0 aliphatic heterocycles. The molecule has 0 aliphatic carbocycles. The van der Waals surface area contributed by atoms with Gasteiger partial charge in [0.25, 0.3) is 0 Å². The lowest BCUT2D eigenvalue weighted by Crippen LogP contribution is -2.14. The van der Waals surface area contributed by atoms with Crippen molar-refractivity contribution < 1.29 is 9.59 Å². The lowest BCUT2D eigenvalue weighted by Gasteiger charge is -2.05. The van der Waals surface area contributed by atoms with Crippen LogP contribution in [0.2, 0.25) is 0 Å². The first-order chi connectivity index (χ1) is 9.69. The number of hydrogen-bond donors (Lipinski definition) is 1. The highest BCUT2D eigenvalue weighted by Crippen LogP contribution is 2.10. The van der Waals surface area contributed by atoms with Crippen molar-refractivity contribution in [3.05, 3.63) is 65.7 Å². The van der Waals surface area contributed by atoms with Gasteiger partial charge in [-0.25, -0.2) is 0 Å². The van der Waals surface area contributed by atoms with Gasteiger partial charge in [-0.05, 0) is 17.7 Å². The van der Waals surface area contributed by atoms with E-state index in [1.165, 1.54) is 0 Å². The minimum absolute atomic E-state index is 0.0641. The zero-order chi connectivity index (χ0) is 14.4. The summed E-state index contributed by atoms with van der Waals surface area (Å²) in [5, 5.41) is 2.83. The number of nitrogens with one attached hydrogen (secondary N) is 1. The molecule has 2 aromatic rings. The third kappa shape index (κ3) is 3.79. The van der Waals surface area contributed by atoms with Crippen molar-refractivity contribution in [2.24, 2.45) is 0 Å². The summed E-state index contributed by atoms with van der Waals surface area (Å²) < 4.78 is 0. The summed E-state index contributed by atoms with van der Waals surface area (Å²) >= 11 is 0. The van der Waals surface area contributed by atoms with Crippen LogP contribution in [0.1, 0.15) is 29.3 Å². The molecule has 1 amide bonds. The van der Waals surface area contributed by atoms with Gasteiger partial charge in [-0.3, -0.25) is 9.59 Å². The molecule has 0 unspecified atom stereocenters. The highest BCUT2D eigenvalue weighted by atomic mass is 16.1. The molecule has 0 bridgehead atoms. The quantitative estimate of drug-likeness (QED) is 0.843. The van der Waals surface area contributed by atoms with Gasteiger partial charge in [0.15, 0.2) is 5.78 Å². The highest BCUT2D eigenvalue weighted by Gasteiger charge is 2.06. The van der Waals surface area contributed by atoms with Gasteiger partial charge < -0.3 is 5.32 Å². The second kappa shape index (κ2) is 6.66. The van der Waals surface area contributed by atoms with Crippen LogP contribution >= 0.6 is 0 Å². The molecular weight excluding hydrogens is 250 g/mol. The zero-order valence-electron chi connectivity index (χ0n) is 11.4. The molecule has 20 heavy (non-hydrogen) atoms. The van der Waals surface area contributed by atoms with E-state index < -0.39 is 0 Å². The first-order valence-electron chi connectivity index (χ1n) is 6.66. The third-order valence-electron chi connectivity index (χ3n) is 3.02. The second-order valence-electron chi connectivity index (χ2n) is 4.56. The van der Waals surface area contributed by atoms with Crippen LogP contribution in [-0.4, -0.2) is 11.7 Å². The van der Waals surface area contributed by atoms with Crippen molar-refractivity contribution in [2.75, 3.05) is 5.32 Å². The van der Waals surface area contributed by atoms with E-state index in [0.29, 0.717) is 18.4 Å². The number of anilines is 1. The van der Waals surface area contributed by atoms with Gasteiger partial charge in [-0.2, -0.15) is 0 Å². The number of hydrogen-bond acceptors (Lipinski definition) is 2. The summed E-state index contributed by atoms with van der Waals surface area (Å²) in [6.45, 7) is 1.84. The monoisotopic (exact) mass is 267 g/mol. The Morgan fingerprint density at radius 1 is 0.950 bits per heavy atom. The Kier molecular flexibility index (Phi) is 4.66.